The molecule has 0 spiro atoms. The summed E-state index contributed by atoms with van der Waals surface area (Å²) >= 11 is 0. The van der Waals surface area contributed by atoms with Gasteiger partial charge in [0.15, 0.2) is 11.5 Å². The van der Waals surface area contributed by atoms with Crippen LogP contribution < -0.4 is 5.32 Å². The maximum absolute atomic E-state index is 13.3. The van der Waals surface area contributed by atoms with Gasteiger partial charge < -0.3 is 14.2 Å². The average molecular weight is 427 g/mol. The molecule has 0 radical (unpaired) electrons. The molecule has 1 N–H and O–H groups in total. The van der Waals surface area contributed by atoms with Crippen molar-refractivity contribution in [3.63, 3.8) is 0 Å². The van der Waals surface area contributed by atoms with Crippen molar-refractivity contribution in [3.8, 4) is 0 Å². The molecule has 0 saturated carbocycles. The molecule has 158 valence electrons. The lowest BCUT2D eigenvalue weighted by Crippen LogP contribution is -2.14. The first-order valence-electron chi connectivity index (χ1n) is 10.1. The number of carbonyl (C=O) groups excluding carboxylic acids is 2. The number of furan rings is 2. The van der Waals surface area contributed by atoms with Gasteiger partial charge in [0, 0.05) is 21.9 Å². The van der Waals surface area contributed by atoms with Gasteiger partial charge in [0.2, 0.25) is 5.78 Å². The summed E-state index contributed by atoms with van der Waals surface area (Å²) in [6, 6.07) is 17.9. The van der Waals surface area contributed by atoms with Crippen molar-refractivity contribution in [3.05, 3.63) is 101 Å². The number of fused-ring (bicyclic) bond motifs is 2. The van der Waals surface area contributed by atoms with Gasteiger partial charge in [0.05, 0.1) is 5.69 Å². The molecule has 2 heterocycles. The number of benzene rings is 3. The number of para-hydroxylation sites is 1. The summed E-state index contributed by atoms with van der Waals surface area (Å²) in [4.78, 5) is 26.3. The summed E-state index contributed by atoms with van der Waals surface area (Å²) in [6.07, 6.45) is 0. The van der Waals surface area contributed by atoms with Gasteiger partial charge in [-0.3, -0.25) is 9.59 Å². The monoisotopic (exact) mass is 427 g/mol. The summed E-state index contributed by atoms with van der Waals surface area (Å²) in [6.45, 7) is 3.79. The molecular formula is C26H18FNO4. The van der Waals surface area contributed by atoms with Crippen LogP contribution in [0.2, 0.25) is 0 Å². The predicted molar refractivity (Wildman–Crippen MR) is 120 cm³/mol. The standard InChI is InChI=1S/C26H18FNO4/c1-14-7-12-21-19(13-14)15(2)24(31-21)26(30)28-22-18-5-3-4-6-20(18)32-25(22)23(29)16-8-10-17(27)11-9-16/h3-13H,1-2H3,(H,28,30). The van der Waals surface area contributed by atoms with E-state index in [2.05, 4.69) is 5.32 Å². The third kappa shape index (κ3) is 3.26. The van der Waals surface area contributed by atoms with E-state index in [1.807, 2.05) is 32.0 Å². The number of halogens is 1. The smallest absolute Gasteiger partial charge is 0.291 e. The zero-order valence-corrected chi connectivity index (χ0v) is 17.4. The molecule has 0 aliphatic heterocycles. The molecule has 3 aromatic carbocycles. The van der Waals surface area contributed by atoms with Crippen LogP contribution in [-0.4, -0.2) is 11.7 Å². The zero-order chi connectivity index (χ0) is 22.4. The van der Waals surface area contributed by atoms with E-state index in [9.17, 15) is 14.0 Å². The van der Waals surface area contributed by atoms with E-state index in [0.717, 1.165) is 10.9 Å². The number of ketones is 1. The van der Waals surface area contributed by atoms with Gasteiger partial charge in [0.1, 0.15) is 17.0 Å². The van der Waals surface area contributed by atoms with Crippen LogP contribution in [0.25, 0.3) is 21.9 Å². The van der Waals surface area contributed by atoms with Gasteiger partial charge in [-0.15, -0.1) is 0 Å². The van der Waals surface area contributed by atoms with Gasteiger partial charge >= 0.3 is 0 Å². The maximum Gasteiger partial charge on any atom is 0.291 e. The number of rotatable bonds is 4. The summed E-state index contributed by atoms with van der Waals surface area (Å²) in [7, 11) is 0. The van der Waals surface area contributed by atoms with Crippen molar-refractivity contribution in [2.24, 2.45) is 0 Å². The molecule has 2 aromatic heterocycles. The summed E-state index contributed by atoms with van der Waals surface area (Å²) in [5.74, 6) is -1.27. The van der Waals surface area contributed by atoms with Crippen LogP contribution in [0.3, 0.4) is 0 Å². The van der Waals surface area contributed by atoms with Crippen LogP contribution in [0, 0.1) is 19.7 Å². The largest absolute Gasteiger partial charge is 0.451 e. The van der Waals surface area contributed by atoms with Crippen molar-refractivity contribution >= 4 is 39.3 Å². The molecule has 0 atom stereocenters. The third-order valence-corrected chi connectivity index (χ3v) is 5.44. The Morgan fingerprint density at radius 2 is 1.50 bits per heavy atom. The first-order chi connectivity index (χ1) is 15.4. The van der Waals surface area contributed by atoms with Gasteiger partial charge in [-0.1, -0.05) is 23.8 Å². The second-order valence-electron chi connectivity index (χ2n) is 7.65. The van der Waals surface area contributed by atoms with E-state index in [1.54, 1.807) is 24.3 Å². The summed E-state index contributed by atoms with van der Waals surface area (Å²) in [5.41, 5.74) is 3.32. The molecule has 0 saturated heterocycles. The fourth-order valence-electron chi connectivity index (χ4n) is 3.78. The van der Waals surface area contributed by atoms with E-state index >= 15 is 0 Å². The minimum atomic E-state index is -0.490. The Kier molecular flexibility index (Phi) is 4.63. The predicted octanol–water partition coefficient (Wildman–Crippen LogP) is 6.42. The number of nitrogens with one attached hydrogen (secondary N) is 1. The van der Waals surface area contributed by atoms with Crippen molar-refractivity contribution in [1.29, 1.82) is 0 Å². The molecule has 0 fully saturated rings. The maximum atomic E-state index is 13.3. The van der Waals surface area contributed by atoms with Crippen LogP contribution in [0.15, 0.2) is 75.6 Å². The molecule has 5 rings (SSSR count). The Morgan fingerprint density at radius 1 is 0.812 bits per heavy atom. The van der Waals surface area contributed by atoms with Gasteiger partial charge in [0.25, 0.3) is 5.91 Å². The zero-order valence-electron chi connectivity index (χ0n) is 17.4. The van der Waals surface area contributed by atoms with Crippen LogP contribution in [0.1, 0.15) is 37.8 Å². The van der Waals surface area contributed by atoms with E-state index in [-0.39, 0.29) is 22.8 Å². The number of aryl methyl sites for hydroxylation is 2. The van der Waals surface area contributed by atoms with E-state index in [1.165, 1.54) is 24.3 Å². The quantitative estimate of drug-likeness (QED) is 0.336. The van der Waals surface area contributed by atoms with Gasteiger partial charge in [-0.05, 0) is 62.4 Å². The van der Waals surface area contributed by atoms with Crippen LogP contribution in [0.4, 0.5) is 10.1 Å². The Hall–Kier alpha value is -4.19. The highest BCUT2D eigenvalue weighted by molar-refractivity contribution is 6.19. The normalized spacial score (nSPS) is 11.2. The number of anilines is 1. The highest BCUT2D eigenvalue weighted by atomic mass is 19.1. The van der Waals surface area contributed by atoms with E-state index in [4.69, 9.17) is 8.83 Å². The minimum Gasteiger partial charge on any atom is -0.451 e. The second-order valence-corrected chi connectivity index (χ2v) is 7.65. The molecule has 32 heavy (non-hydrogen) atoms. The highest BCUT2D eigenvalue weighted by Gasteiger charge is 2.26. The molecule has 0 aliphatic carbocycles. The number of hydrogen-bond acceptors (Lipinski definition) is 4. The second kappa shape index (κ2) is 7.50. The molecular weight excluding hydrogens is 409 g/mol. The lowest BCUT2D eigenvalue weighted by atomic mass is 10.1. The number of hydrogen-bond donors (Lipinski definition) is 1. The fraction of sp³-hybridized carbons (Fsp3) is 0.0769. The van der Waals surface area contributed by atoms with E-state index < -0.39 is 17.5 Å². The first kappa shape index (κ1) is 19.8. The SMILES string of the molecule is Cc1ccc2oc(C(=O)Nc3c(C(=O)c4ccc(F)cc4)oc4ccccc34)c(C)c2c1. The molecule has 6 heteroatoms. The third-order valence-electron chi connectivity index (χ3n) is 5.44. The number of amides is 1. The van der Waals surface area contributed by atoms with Crippen molar-refractivity contribution in [2.45, 2.75) is 13.8 Å². The molecule has 1 amide bonds. The van der Waals surface area contributed by atoms with Crippen LogP contribution in [0.5, 0.6) is 0 Å². The Balaban J connectivity index is 1.59. The molecule has 5 nitrogen and oxygen atoms in total. The first-order valence-corrected chi connectivity index (χ1v) is 10.1. The van der Waals surface area contributed by atoms with Crippen molar-refractivity contribution in [2.75, 3.05) is 5.32 Å². The van der Waals surface area contributed by atoms with Crippen molar-refractivity contribution < 1.29 is 22.8 Å². The molecule has 0 aliphatic rings. The topological polar surface area (TPSA) is 72.5 Å². The Labute approximate surface area is 182 Å². The fourth-order valence-corrected chi connectivity index (χ4v) is 3.78. The van der Waals surface area contributed by atoms with Gasteiger partial charge in [-0.2, -0.15) is 0 Å². The van der Waals surface area contributed by atoms with E-state index in [0.29, 0.717) is 22.1 Å². The summed E-state index contributed by atoms with van der Waals surface area (Å²) < 4.78 is 24.9. The molecule has 5 aromatic rings. The van der Waals surface area contributed by atoms with Crippen molar-refractivity contribution in [1.82, 2.24) is 0 Å². The Morgan fingerprint density at radius 3 is 2.28 bits per heavy atom. The lowest BCUT2D eigenvalue weighted by Gasteiger charge is -2.05. The average Bonchev–Trinajstić information content (AvgIpc) is 3.32. The van der Waals surface area contributed by atoms with Crippen LogP contribution >= 0.6 is 0 Å². The number of carbonyl (C=O) groups is 2. The summed E-state index contributed by atoms with van der Waals surface area (Å²) in [5, 5.41) is 4.24. The Bertz CT molecular complexity index is 1510. The highest BCUT2D eigenvalue weighted by Crippen LogP contribution is 2.34. The molecule has 0 bridgehead atoms. The minimum absolute atomic E-state index is 0.0317. The van der Waals surface area contributed by atoms with Gasteiger partial charge in [-0.25, -0.2) is 4.39 Å². The molecule has 0 unspecified atom stereocenters. The lowest BCUT2D eigenvalue weighted by molar-refractivity contribution is 0.0997. The van der Waals surface area contributed by atoms with Crippen LogP contribution in [-0.2, 0) is 0 Å².